The lowest BCUT2D eigenvalue weighted by molar-refractivity contribution is 0.617. The fourth-order valence-corrected chi connectivity index (χ4v) is 1.92. The van der Waals surface area contributed by atoms with Crippen LogP contribution in [0.1, 0.15) is 0 Å². The topological polar surface area (TPSA) is 72.0 Å². The first-order valence-electron chi connectivity index (χ1n) is 5.20. The summed E-state index contributed by atoms with van der Waals surface area (Å²) < 4.78 is 5.43. The van der Waals surface area contributed by atoms with Crippen molar-refractivity contribution in [3.05, 3.63) is 53.0 Å². The van der Waals surface area contributed by atoms with E-state index in [4.69, 9.17) is 10.2 Å². The number of pyridine rings is 1. The Bertz CT molecular complexity index is 740. The molecule has 0 amide bonds. The summed E-state index contributed by atoms with van der Waals surface area (Å²) >= 11 is 0. The van der Waals surface area contributed by atoms with E-state index in [9.17, 15) is 4.79 Å². The maximum absolute atomic E-state index is 11.4. The van der Waals surface area contributed by atoms with Crippen LogP contribution in [0.5, 0.6) is 0 Å². The fourth-order valence-electron chi connectivity index (χ4n) is 1.92. The van der Waals surface area contributed by atoms with Gasteiger partial charge >= 0.3 is 0 Å². The highest BCUT2D eigenvalue weighted by atomic mass is 16.3. The van der Waals surface area contributed by atoms with Crippen LogP contribution in [-0.4, -0.2) is 4.98 Å². The predicted octanol–water partition coefficient (Wildman–Crippen LogP) is 2.37. The van der Waals surface area contributed by atoms with Crippen molar-refractivity contribution < 1.29 is 4.42 Å². The number of H-pyrrole nitrogens is 1. The molecule has 4 heteroatoms. The fraction of sp³-hybridized carbons (Fsp3) is 0. The average molecular weight is 226 g/mol. The highest BCUT2D eigenvalue weighted by molar-refractivity contribution is 5.94. The molecule has 0 saturated carbocycles. The quantitative estimate of drug-likeness (QED) is 0.669. The molecular formula is C13H10N2O2. The summed E-state index contributed by atoms with van der Waals surface area (Å²) in [5.41, 5.74) is 7.83. The predicted molar refractivity (Wildman–Crippen MR) is 66.7 cm³/mol. The van der Waals surface area contributed by atoms with Crippen LogP contribution in [-0.2, 0) is 0 Å². The van der Waals surface area contributed by atoms with Crippen molar-refractivity contribution in [1.29, 1.82) is 0 Å². The molecule has 0 radical (unpaired) electrons. The minimum atomic E-state index is -0.217. The van der Waals surface area contributed by atoms with Crippen LogP contribution < -0.4 is 11.3 Å². The van der Waals surface area contributed by atoms with E-state index in [-0.39, 0.29) is 5.56 Å². The summed E-state index contributed by atoms with van der Waals surface area (Å²) in [7, 11) is 0. The lowest BCUT2D eigenvalue weighted by Crippen LogP contribution is -2.07. The highest BCUT2D eigenvalue weighted by Gasteiger charge is 2.08. The third kappa shape index (κ3) is 1.59. The van der Waals surface area contributed by atoms with Gasteiger partial charge < -0.3 is 15.1 Å². The molecule has 3 rings (SSSR count). The zero-order chi connectivity index (χ0) is 11.8. The number of aromatic nitrogens is 1. The number of furan rings is 1. The van der Waals surface area contributed by atoms with Crippen molar-refractivity contribution in [1.82, 2.24) is 4.98 Å². The minimum Gasteiger partial charge on any atom is -0.464 e. The number of hydrogen-bond acceptors (Lipinski definition) is 3. The molecule has 0 aliphatic rings. The molecule has 1 aromatic carbocycles. The number of nitrogens with two attached hydrogens (primary N) is 1. The van der Waals surface area contributed by atoms with Crippen LogP contribution in [0.15, 0.2) is 51.9 Å². The average Bonchev–Trinajstić information content (AvgIpc) is 2.71. The van der Waals surface area contributed by atoms with Crippen molar-refractivity contribution in [2.75, 3.05) is 5.73 Å². The van der Waals surface area contributed by atoms with Gasteiger partial charge in [0.25, 0.3) is 0 Å². The summed E-state index contributed by atoms with van der Waals surface area (Å²) in [4.78, 5) is 13.9. The van der Waals surface area contributed by atoms with Gasteiger partial charge in [0.2, 0.25) is 5.56 Å². The van der Waals surface area contributed by atoms with Crippen molar-refractivity contribution >= 4 is 16.8 Å². The Hall–Kier alpha value is -2.49. The molecule has 2 aromatic heterocycles. The molecule has 0 spiro atoms. The zero-order valence-electron chi connectivity index (χ0n) is 8.94. The van der Waals surface area contributed by atoms with E-state index in [1.807, 2.05) is 24.3 Å². The van der Waals surface area contributed by atoms with Gasteiger partial charge in [0.15, 0.2) is 0 Å². The number of rotatable bonds is 1. The van der Waals surface area contributed by atoms with E-state index in [0.717, 1.165) is 22.1 Å². The molecule has 0 saturated heterocycles. The smallest absolute Gasteiger partial charge is 0.250 e. The van der Waals surface area contributed by atoms with Crippen molar-refractivity contribution in [3.8, 4) is 11.1 Å². The van der Waals surface area contributed by atoms with Crippen molar-refractivity contribution in [2.45, 2.75) is 0 Å². The van der Waals surface area contributed by atoms with Gasteiger partial charge in [-0.1, -0.05) is 18.2 Å². The monoisotopic (exact) mass is 226 g/mol. The molecule has 0 aliphatic carbocycles. The molecule has 17 heavy (non-hydrogen) atoms. The number of aromatic amines is 1. The Labute approximate surface area is 96.7 Å². The van der Waals surface area contributed by atoms with Crippen LogP contribution >= 0.6 is 0 Å². The van der Waals surface area contributed by atoms with Gasteiger partial charge in [-0.15, -0.1) is 0 Å². The largest absolute Gasteiger partial charge is 0.464 e. The van der Waals surface area contributed by atoms with Gasteiger partial charge in [0, 0.05) is 17.0 Å². The van der Waals surface area contributed by atoms with Crippen molar-refractivity contribution in [3.63, 3.8) is 0 Å². The molecule has 0 atom stereocenters. The number of nitrogens with one attached hydrogen (secondary N) is 1. The van der Waals surface area contributed by atoms with Gasteiger partial charge in [-0.25, -0.2) is 0 Å². The summed E-state index contributed by atoms with van der Waals surface area (Å²) in [6.45, 7) is 0. The Kier molecular flexibility index (Phi) is 2.01. The Morgan fingerprint density at radius 2 is 2.00 bits per heavy atom. The van der Waals surface area contributed by atoms with Gasteiger partial charge in [0.1, 0.15) is 11.4 Å². The molecule has 3 N–H and O–H groups in total. The first-order valence-corrected chi connectivity index (χ1v) is 5.20. The van der Waals surface area contributed by atoms with Gasteiger partial charge in [-0.3, -0.25) is 4.79 Å². The second kappa shape index (κ2) is 3.52. The first-order chi connectivity index (χ1) is 8.24. The van der Waals surface area contributed by atoms with Gasteiger partial charge in [-0.05, 0) is 17.7 Å². The molecule has 0 aliphatic heterocycles. The van der Waals surface area contributed by atoms with Crippen LogP contribution in [0, 0.1) is 0 Å². The number of fused-ring (bicyclic) bond motifs is 1. The standard InChI is InChI=1S/C13H10N2O2/c14-12-5-8(6-13(16)15-12)10-7-17-11-4-2-1-3-9(10)11/h1-7H,(H3,14,15,16). The molecule has 0 unspecified atom stereocenters. The number of anilines is 1. The van der Waals surface area contributed by atoms with Gasteiger partial charge in [0.05, 0.1) is 6.26 Å². The number of para-hydroxylation sites is 1. The van der Waals surface area contributed by atoms with Gasteiger partial charge in [-0.2, -0.15) is 0 Å². The minimum absolute atomic E-state index is 0.217. The molecule has 4 nitrogen and oxygen atoms in total. The van der Waals surface area contributed by atoms with E-state index in [1.54, 1.807) is 12.3 Å². The Morgan fingerprint density at radius 3 is 2.82 bits per heavy atom. The molecular weight excluding hydrogens is 216 g/mol. The second-order valence-corrected chi connectivity index (χ2v) is 3.83. The molecule has 3 aromatic rings. The molecule has 2 heterocycles. The summed E-state index contributed by atoms with van der Waals surface area (Å²) in [6, 6.07) is 10.9. The van der Waals surface area contributed by atoms with E-state index in [1.165, 1.54) is 6.07 Å². The lowest BCUT2D eigenvalue weighted by atomic mass is 10.1. The van der Waals surface area contributed by atoms with Crippen LogP contribution in [0.25, 0.3) is 22.1 Å². The third-order valence-corrected chi connectivity index (χ3v) is 2.66. The normalized spacial score (nSPS) is 10.8. The van der Waals surface area contributed by atoms with Crippen LogP contribution in [0.4, 0.5) is 5.82 Å². The molecule has 0 bridgehead atoms. The first kappa shape index (κ1) is 9.72. The van der Waals surface area contributed by atoms with Crippen molar-refractivity contribution in [2.24, 2.45) is 0 Å². The Balaban J connectivity index is 2.30. The maximum atomic E-state index is 11.4. The highest BCUT2D eigenvalue weighted by Crippen LogP contribution is 2.29. The Morgan fingerprint density at radius 1 is 1.18 bits per heavy atom. The van der Waals surface area contributed by atoms with E-state index in [0.29, 0.717) is 5.82 Å². The lowest BCUT2D eigenvalue weighted by Gasteiger charge is -1.99. The van der Waals surface area contributed by atoms with E-state index < -0.39 is 0 Å². The van der Waals surface area contributed by atoms with E-state index in [2.05, 4.69) is 4.98 Å². The SMILES string of the molecule is Nc1cc(-c2coc3ccccc23)cc(=O)[nH]1. The third-order valence-electron chi connectivity index (χ3n) is 2.66. The summed E-state index contributed by atoms with van der Waals surface area (Å²) in [6.07, 6.45) is 1.64. The number of benzene rings is 1. The molecule has 0 fully saturated rings. The van der Waals surface area contributed by atoms with Crippen LogP contribution in [0.2, 0.25) is 0 Å². The van der Waals surface area contributed by atoms with E-state index >= 15 is 0 Å². The maximum Gasteiger partial charge on any atom is 0.250 e. The zero-order valence-corrected chi connectivity index (χ0v) is 8.94. The molecule has 84 valence electrons. The summed E-state index contributed by atoms with van der Waals surface area (Å²) in [5, 5.41) is 0.970. The number of nitrogen functional groups attached to an aromatic ring is 1. The second-order valence-electron chi connectivity index (χ2n) is 3.83. The van der Waals surface area contributed by atoms with Crippen LogP contribution in [0.3, 0.4) is 0 Å². The number of hydrogen-bond donors (Lipinski definition) is 2. The summed E-state index contributed by atoms with van der Waals surface area (Å²) in [5.74, 6) is 0.345.